The number of hydrogen-bond donors (Lipinski definition) is 4. The van der Waals surface area contributed by atoms with Gasteiger partial charge in [0.1, 0.15) is 28.6 Å². The maximum Gasteiger partial charge on any atom is 0.259 e. The Morgan fingerprint density at radius 2 is 0.955 bits per heavy atom. The Morgan fingerprint density at radius 3 is 1.35 bits per heavy atom. The number of carbonyl (C=O) groups is 6. The van der Waals surface area contributed by atoms with Gasteiger partial charge in [-0.3, -0.25) is 28.8 Å². The SMILES string of the molecule is COc1cc(NC(=O)C(N=Nc2cccc(C(=O)Nc3cccc(CCCl)c3)c2Cl)C(C)=O)cc(OC)c1NC(=O)C(N=Nc1cccc(C(=O)Nc2cccc(CCCl)c2)c1Cl)C(C)=O. The third-order valence-electron chi connectivity index (χ3n) is 9.43. The van der Waals surface area contributed by atoms with Gasteiger partial charge in [0.15, 0.2) is 11.6 Å². The average Bonchev–Trinajstić information content (AvgIpc) is 3.28. The predicted octanol–water partition coefficient (Wildman–Crippen LogP) is 10.4. The summed E-state index contributed by atoms with van der Waals surface area (Å²) in [6.07, 6.45) is 1.22. The fraction of sp³-hybridized carbons (Fsp3) is 0.217. The minimum Gasteiger partial charge on any atom is -0.494 e. The number of alkyl halides is 2. The van der Waals surface area contributed by atoms with Gasteiger partial charge in [0.2, 0.25) is 12.1 Å². The van der Waals surface area contributed by atoms with Crippen LogP contribution in [-0.2, 0) is 32.0 Å². The maximum atomic E-state index is 13.6. The molecule has 2 unspecified atom stereocenters. The molecule has 0 aromatic heterocycles. The number of ether oxygens (including phenoxy) is 2. The number of hydrogen-bond acceptors (Lipinski definition) is 12. The smallest absolute Gasteiger partial charge is 0.259 e. The van der Waals surface area contributed by atoms with Crippen LogP contribution in [0.3, 0.4) is 0 Å². The Labute approximate surface area is 399 Å². The van der Waals surface area contributed by atoms with Gasteiger partial charge in [-0.25, -0.2) is 0 Å². The molecule has 5 rings (SSSR count). The third kappa shape index (κ3) is 13.2. The van der Waals surface area contributed by atoms with Gasteiger partial charge in [0.05, 0.1) is 35.4 Å². The Hall–Kier alpha value is -6.72. The first-order valence-electron chi connectivity index (χ1n) is 19.9. The Bertz CT molecular complexity index is 2690. The monoisotopic (exact) mass is 974 g/mol. The van der Waals surface area contributed by atoms with Crippen molar-refractivity contribution in [2.24, 2.45) is 20.5 Å². The quantitative estimate of drug-likeness (QED) is 0.0333. The third-order valence-corrected chi connectivity index (χ3v) is 10.6. The standard InChI is InChI=1S/C46H42Cl4N8O8/c1-25(59)40(57-55-34-15-7-13-32(38(34)49)43(61)51-29-11-5-9-27(21-29)17-19-47)45(63)53-31-23-36(65-3)42(37(24-31)66-4)54-46(64)41(26(2)60)58-56-35-16-8-14-33(39(35)50)44(62)52-30-12-6-10-28(22-30)18-20-48/h5-16,21-24,40-41H,17-20H2,1-4H3,(H,51,61)(H,52,62)(H,53,63)(H,54,64). The second-order valence-electron chi connectivity index (χ2n) is 14.2. The van der Waals surface area contributed by atoms with Gasteiger partial charge < -0.3 is 30.7 Å². The largest absolute Gasteiger partial charge is 0.494 e. The molecule has 5 aromatic carbocycles. The summed E-state index contributed by atoms with van der Waals surface area (Å²) in [6.45, 7) is 2.28. The number of benzene rings is 5. The molecule has 0 aliphatic rings. The number of rotatable bonds is 20. The first-order chi connectivity index (χ1) is 31.7. The van der Waals surface area contributed by atoms with Crippen LogP contribution in [0.25, 0.3) is 0 Å². The zero-order valence-corrected chi connectivity index (χ0v) is 38.8. The topological polar surface area (TPSA) is 218 Å². The molecule has 4 amide bonds. The van der Waals surface area contributed by atoms with Crippen molar-refractivity contribution in [1.82, 2.24) is 0 Å². The molecule has 0 saturated carbocycles. The molecule has 0 aliphatic carbocycles. The molecular formula is C46H42Cl4N8O8. The molecule has 2 atom stereocenters. The molecule has 0 radical (unpaired) electrons. The minimum atomic E-state index is -1.69. The van der Waals surface area contributed by atoms with Crippen LogP contribution in [0, 0.1) is 0 Å². The Kier molecular flexibility index (Phi) is 18.3. The van der Waals surface area contributed by atoms with E-state index in [9.17, 15) is 28.8 Å². The lowest BCUT2D eigenvalue weighted by Gasteiger charge is -2.18. The average molecular weight is 977 g/mol. The molecule has 0 spiro atoms. The second kappa shape index (κ2) is 24.0. The normalized spacial score (nSPS) is 12.0. The molecule has 0 heterocycles. The van der Waals surface area contributed by atoms with Crippen LogP contribution in [0.15, 0.2) is 118 Å². The van der Waals surface area contributed by atoms with Crippen LogP contribution in [0.1, 0.15) is 45.7 Å². The number of nitrogens with zero attached hydrogens (tertiary/aromatic N) is 4. The zero-order chi connectivity index (χ0) is 47.9. The van der Waals surface area contributed by atoms with E-state index in [2.05, 4.69) is 41.7 Å². The summed E-state index contributed by atoms with van der Waals surface area (Å²) in [5.41, 5.74) is 3.10. The highest BCUT2D eigenvalue weighted by Gasteiger charge is 2.28. The molecule has 4 N–H and O–H groups in total. The van der Waals surface area contributed by atoms with Crippen molar-refractivity contribution < 1.29 is 38.2 Å². The number of carbonyl (C=O) groups excluding carboxylic acids is 6. The van der Waals surface area contributed by atoms with Gasteiger partial charge in [-0.05, 0) is 86.3 Å². The van der Waals surface area contributed by atoms with Crippen molar-refractivity contribution >= 4 is 116 Å². The van der Waals surface area contributed by atoms with E-state index >= 15 is 0 Å². The van der Waals surface area contributed by atoms with Crippen LogP contribution in [-0.4, -0.2) is 73.3 Å². The van der Waals surface area contributed by atoms with Crippen molar-refractivity contribution in [3.05, 3.63) is 129 Å². The lowest BCUT2D eigenvalue weighted by atomic mass is 10.1. The number of methoxy groups -OCH3 is 2. The zero-order valence-electron chi connectivity index (χ0n) is 35.8. The number of ketones is 2. The number of aryl methyl sites for hydroxylation is 2. The van der Waals surface area contributed by atoms with E-state index in [0.29, 0.717) is 36.0 Å². The number of anilines is 4. The van der Waals surface area contributed by atoms with Crippen molar-refractivity contribution in [2.45, 2.75) is 38.8 Å². The number of halogens is 4. The highest BCUT2D eigenvalue weighted by atomic mass is 35.5. The van der Waals surface area contributed by atoms with E-state index < -0.39 is 47.3 Å². The molecule has 342 valence electrons. The maximum absolute atomic E-state index is 13.6. The highest BCUT2D eigenvalue weighted by Crippen LogP contribution is 2.39. The van der Waals surface area contributed by atoms with Crippen molar-refractivity contribution in [2.75, 3.05) is 47.2 Å². The van der Waals surface area contributed by atoms with Crippen molar-refractivity contribution in [3.8, 4) is 11.5 Å². The van der Waals surface area contributed by atoms with Crippen molar-refractivity contribution in [1.29, 1.82) is 0 Å². The van der Waals surface area contributed by atoms with E-state index in [0.717, 1.165) is 25.0 Å². The molecular weight excluding hydrogens is 934 g/mol. The second-order valence-corrected chi connectivity index (χ2v) is 15.7. The van der Waals surface area contributed by atoms with E-state index in [1.54, 1.807) is 36.4 Å². The van der Waals surface area contributed by atoms with Crippen LogP contribution >= 0.6 is 46.4 Å². The molecule has 66 heavy (non-hydrogen) atoms. The van der Waals surface area contributed by atoms with E-state index in [1.807, 2.05) is 12.1 Å². The first-order valence-corrected chi connectivity index (χ1v) is 21.7. The van der Waals surface area contributed by atoms with Crippen LogP contribution < -0.4 is 30.7 Å². The fourth-order valence-corrected chi connectivity index (χ4v) is 7.09. The summed E-state index contributed by atoms with van der Waals surface area (Å²) in [6, 6.07) is 22.5. The van der Waals surface area contributed by atoms with Crippen LogP contribution in [0.2, 0.25) is 10.0 Å². The van der Waals surface area contributed by atoms with E-state index in [-0.39, 0.29) is 55.4 Å². The molecule has 0 saturated heterocycles. The number of nitrogens with one attached hydrogen (secondary N) is 4. The van der Waals surface area contributed by atoms with E-state index in [4.69, 9.17) is 55.9 Å². The lowest BCUT2D eigenvalue weighted by Crippen LogP contribution is -2.32. The summed E-state index contributed by atoms with van der Waals surface area (Å²) >= 11 is 24.8. The molecule has 0 aliphatic heterocycles. The molecule has 0 fully saturated rings. The van der Waals surface area contributed by atoms with Gasteiger partial charge in [0.25, 0.3) is 23.6 Å². The van der Waals surface area contributed by atoms with Crippen LogP contribution in [0.4, 0.5) is 34.1 Å². The predicted molar refractivity (Wildman–Crippen MR) is 255 cm³/mol. The van der Waals surface area contributed by atoms with Gasteiger partial charge in [-0.15, -0.1) is 23.2 Å². The number of Topliss-reactive ketones (excluding diaryl/α,β-unsaturated/α-hetero) is 2. The van der Waals surface area contributed by atoms with Crippen molar-refractivity contribution in [3.63, 3.8) is 0 Å². The molecule has 20 heteroatoms. The fourth-order valence-electron chi connectivity index (χ4n) is 6.16. The molecule has 16 nitrogen and oxygen atoms in total. The number of azo groups is 2. The van der Waals surface area contributed by atoms with Gasteiger partial charge >= 0.3 is 0 Å². The molecule has 0 bridgehead atoms. The first kappa shape index (κ1) is 50.3. The lowest BCUT2D eigenvalue weighted by molar-refractivity contribution is -0.127. The summed E-state index contributed by atoms with van der Waals surface area (Å²) in [7, 11) is 2.56. The minimum absolute atomic E-state index is 0.0122. The van der Waals surface area contributed by atoms with E-state index in [1.165, 1.54) is 62.8 Å². The summed E-state index contributed by atoms with van der Waals surface area (Å²) in [5, 5.41) is 26.6. The molecule has 5 aromatic rings. The highest BCUT2D eigenvalue weighted by molar-refractivity contribution is 6.37. The summed E-state index contributed by atoms with van der Waals surface area (Å²) in [5.74, 6) is -3.49. The van der Waals surface area contributed by atoms with Gasteiger partial charge in [-0.1, -0.05) is 59.6 Å². The van der Waals surface area contributed by atoms with Crippen LogP contribution in [0.5, 0.6) is 11.5 Å². The summed E-state index contributed by atoms with van der Waals surface area (Å²) < 4.78 is 11.0. The summed E-state index contributed by atoms with van der Waals surface area (Å²) in [4.78, 5) is 78.8. The van der Waals surface area contributed by atoms with Gasteiger partial charge in [0, 0.05) is 41.0 Å². The Morgan fingerprint density at radius 1 is 0.545 bits per heavy atom. The van der Waals surface area contributed by atoms with Gasteiger partial charge in [-0.2, -0.15) is 20.5 Å². The Balaban J connectivity index is 1.30. The number of amides is 4.